The van der Waals surface area contributed by atoms with Crippen molar-refractivity contribution in [2.75, 3.05) is 6.54 Å². The van der Waals surface area contributed by atoms with Crippen LogP contribution in [0.1, 0.15) is 59.3 Å². The minimum Gasteiger partial charge on any atom is -0.389 e. The van der Waals surface area contributed by atoms with Gasteiger partial charge in [0.1, 0.15) is 0 Å². The molecule has 0 bridgehead atoms. The molecule has 2 nitrogen and oxygen atoms in total. The molecule has 1 saturated heterocycles. The molecule has 1 heterocycles. The highest BCUT2D eigenvalue weighted by molar-refractivity contribution is 5.02. The first-order valence-electron chi connectivity index (χ1n) is 7.10. The van der Waals surface area contributed by atoms with Crippen molar-refractivity contribution < 1.29 is 5.11 Å². The fourth-order valence-corrected chi connectivity index (χ4v) is 4.19. The summed E-state index contributed by atoms with van der Waals surface area (Å²) in [4.78, 5) is 2.63. The second-order valence-corrected chi connectivity index (χ2v) is 5.80. The number of rotatable bonds is 2. The fraction of sp³-hybridized carbons (Fsp3) is 1.00. The summed E-state index contributed by atoms with van der Waals surface area (Å²) in [5, 5.41) is 10.8. The Morgan fingerprint density at radius 3 is 2.56 bits per heavy atom. The molecule has 0 aromatic rings. The molecule has 0 amide bonds. The van der Waals surface area contributed by atoms with Gasteiger partial charge in [0.15, 0.2) is 0 Å². The molecule has 0 aromatic heterocycles. The van der Waals surface area contributed by atoms with Gasteiger partial charge in [0.25, 0.3) is 0 Å². The number of aliphatic hydroxyl groups is 1. The Labute approximate surface area is 100 Å². The smallest absolute Gasteiger partial charge is 0.0702 e. The van der Waals surface area contributed by atoms with E-state index < -0.39 is 0 Å². The highest BCUT2D eigenvalue weighted by atomic mass is 16.3. The van der Waals surface area contributed by atoms with Crippen LogP contribution in [0.3, 0.4) is 0 Å². The van der Waals surface area contributed by atoms with E-state index in [4.69, 9.17) is 0 Å². The fourth-order valence-electron chi connectivity index (χ4n) is 4.19. The summed E-state index contributed by atoms with van der Waals surface area (Å²) >= 11 is 0. The third-order valence-corrected chi connectivity index (χ3v) is 5.04. The van der Waals surface area contributed by atoms with Gasteiger partial charge in [-0.05, 0) is 39.2 Å². The quantitative estimate of drug-likeness (QED) is 0.781. The van der Waals surface area contributed by atoms with Gasteiger partial charge in [0.2, 0.25) is 0 Å². The van der Waals surface area contributed by atoms with Gasteiger partial charge in [-0.25, -0.2) is 0 Å². The molecule has 94 valence electrons. The number of hydrogen-bond donors (Lipinski definition) is 1. The summed E-state index contributed by atoms with van der Waals surface area (Å²) < 4.78 is 0. The Kier molecular flexibility index (Phi) is 3.60. The van der Waals surface area contributed by atoms with E-state index in [1.54, 1.807) is 0 Å². The SMILES string of the molecule is CCN1[C@@H](C)C[C@](O)(CC)[C@H]2CCCC[C@@H]21. The molecule has 1 aliphatic carbocycles. The zero-order chi connectivity index (χ0) is 11.8. The van der Waals surface area contributed by atoms with E-state index in [2.05, 4.69) is 25.7 Å². The van der Waals surface area contributed by atoms with Crippen molar-refractivity contribution in [3.8, 4) is 0 Å². The second kappa shape index (κ2) is 4.66. The lowest BCUT2D eigenvalue weighted by atomic mass is 9.66. The number of fused-ring (bicyclic) bond motifs is 1. The minimum absolute atomic E-state index is 0.379. The summed E-state index contributed by atoms with van der Waals surface area (Å²) in [7, 11) is 0. The Balaban J connectivity index is 2.22. The van der Waals surface area contributed by atoms with Crippen LogP contribution in [0.5, 0.6) is 0 Å². The molecule has 0 radical (unpaired) electrons. The third kappa shape index (κ3) is 1.91. The highest BCUT2D eigenvalue weighted by Gasteiger charge is 2.48. The van der Waals surface area contributed by atoms with Gasteiger partial charge in [-0.15, -0.1) is 0 Å². The monoisotopic (exact) mass is 225 g/mol. The third-order valence-electron chi connectivity index (χ3n) is 5.04. The Bertz CT molecular complexity index is 243. The molecule has 0 unspecified atom stereocenters. The average Bonchev–Trinajstić information content (AvgIpc) is 2.30. The van der Waals surface area contributed by atoms with Gasteiger partial charge in [-0.3, -0.25) is 4.90 Å². The molecule has 4 atom stereocenters. The van der Waals surface area contributed by atoms with Crippen LogP contribution >= 0.6 is 0 Å². The zero-order valence-corrected chi connectivity index (χ0v) is 11.1. The van der Waals surface area contributed by atoms with Crippen molar-refractivity contribution in [1.29, 1.82) is 0 Å². The summed E-state index contributed by atoms with van der Waals surface area (Å²) in [5.41, 5.74) is -0.379. The van der Waals surface area contributed by atoms with Crippen LogP contribution in [-0.2, 0) is 0 Å². The molecular weight excluding hydrogens is 198 g/mol. The maximum absolute atomic E-state index is 10.8. The van der Waals surface area contributed by atoms with E-state index in [9.17, 15) is 5.11 Å². The van der Waals surface area contributed by atoms with Crippen molar-refractivity contribution >= 4 is 0 Å². The first-order chi connectivity index (χ1) is 7.62. The average molecular weight is 225 g/mol. The van der Waals surface area contributed by atoms with Crippen LogP contribution in [-0.4, -0.2) is 34.2 Å². The van der Waals surface area contributed by atoms with E-state index in [0.717, 1.165) is 19.4 Å². The van der Waals surface area contributed by atoms with Gasteiger partial charge < -0.3 is 5.11 Å². The number of nitrogens with zero attached hydrogens (tertiary/aromatic N) is 1. The lowest BCUT2D eigenvalue weighted by Crippen LogP contribution is -2.61. The van der Waals surface area contributed by atoms with Crippen LogP contribution in [0.25, 0.3) is 0 Å². The van der Waals surface area contributed by atoms with Gasteiger partial charge in [-0.2, -0.15) is 0 Å². The van der Waals surface area contributed by atoms with Gasteiger partial charge in [0.05, 0.1) is 5.60 Å². The van der Waals surface area contributed by atoms with Crippen LogP contribution in [0.15, 0.2) is 0 Å². The molecular formula is C14H27NO. The predicted octanol–water partition coefficient (Wildman–Crippen LogP) is 2.80. The van der Waals surface area contributed by atoms with E-state index >= 15 is 0 Å². The minimum atomic E-state index is -0.379. The van der Waals surface area contributed by atoms with E-state index in [1.807, 2.05) is 0 Å². The maximum Gasteiger partial charge on any atom is 0.0702 e. The molecule has 0 spiro atoms. The van der Waals surface area contributed by atoms with E-state index in [1.165, 1.54) is 25.7 Å². The lowest BCUT2D eigenvalue weighted by Gasteiger charge is -2.55. The number of hydrogen-bond acceptors (Lipinski definition) is 2. The first-order valence-corrected chi connectivity index (χ1v) is 7.10. The normalized spacial score (nSPS) is 45.4. The van der Waals surface area contributed by atoms with Crippen molar-refractivity contribution in [2.24, 2.45) is 5.92 Å². The summed E-state index contributed by atoms with van der Waals surface area (Å²) in [5.74, 6) is 0.530. The number of likely N-dealkylation sites (tertiary alicyclic amines) is 1. The molecule has 2 heteroatoms. The molecule has 2 fully saturated rings. The topological polar surface area (TPSA) is 23.5 Å². The molecule has 2 aliphatic rings. The Morgan fingerprint density at radius 2 is 1.94 bits per heavy atom. The molecule has 1 aliphatic heterocycles. The maximum atomic E-state index is 10.8. The van der Waals surface area contributed by atoms with Gasteiger partial charge >= 0.3 is 0 Å². The summed E-state index contributed by atoms with van der Waals surface area (Å²) in [6, 6.07) is 1.20. The molecule has 2 rings (SSSR count). The largest absolute Gasteiger partial charge is 0.389 e. The lowest BCUT2D eigenvalue weighted by molar-refractivity contribution is -0.134. The van der Waals surface area contributed by atoms with Crippen LogP contribution in [0.2, 0.25) is 0 Å². The van der Waals surface area contributed by atoms with Gasteiger partial charge in [0, 0.05) is 18.0 Å². The van der Waals surface area contributed by atoms with E-state index in [0.29, 0.717) is 18.0 Å². The Morgan fingerprint density at radius 1 is 1.25 bits per heavy atom. The van der Waals surface area contributed by atoms with Gasteiger partial charge in [-0.1, -0.05) is 26.7 Å². The summed E-state index contributed by atoms with van der Waals surface area (Å²) in [6.07, 6.45) is 7.09. The standard InChI is InChI=1S/C14H27NO/c1-4-14(16)10-11(3)15(5-2)13-9-7-6-8-12(13)14/h11-13,16H,4-10H2,1-3H3/t11-,12-,13-,14+/m0/s1. The first kappa shape index (κ1) is 12.4. The van der Waals surface area contributed by atoms with E-state index in [-0.39, 0.29) is 5.60 Å². The molecule has 16 heavy (non-hydrogen) atoms. The highest BCUT2D eigenvalue weighted by Crippen LogP contribution is 2.44. The molecule has 1 N–H and O–H groups in total. The summed E-state index contributed by atoms with van der Waals surface area (Å²) in [6.45, 7) is 7.84. The van der Waals surface area contributed by atoms with Crippen molar-refractivity contribution in [2.45, 2.75) is 77.0 Å². The zero-order valence-electron chi connectivity index (χ0n) is 11.1. The number of piperidine rings is 1. The second-order valence-electron chi connectivity index (χ2n) is 5.80. The predicted molar refractivity (Wildman–Crippen MR) is 67.4 cm³/mol. The molecule has 1 saturated carbocycles. The van der Waals surface area contributed by atoms with Crippen LogP contribution < -0.4 is 0 Å². The van der Waals surface area contributed by atoms with Crippen molar-refractivity contribution in [1.82, 2.24) is 4.90 Å². The van der Waals surface area contributed by atoms with Crippen LogP contribution in [0, 0.1) is 5.92 Å². The van der Waals surface area contributed by atoms with Crippen molar-refractivity contribution in [3.63, 3.8) is 0 Å². The Hall–Kier alpha value is -0.0800. The van der Waals surface area contributed by atoms with Crippen LogP contribution in [0.4, 0.5) is 0 Å². The van der Waals surface area contributed by atoms with Crippen molar-refractivity contribution in [3.05, 3.63) is 0 Å². The molecule has 0 aromatic carbocycles.